The van der Waals surface area contributed by atoms with E-state index in [1.165, 1.54) is 19.3 Å². The fraction of sp³-hybridized carbons (Fsp3) is 0.833. The third-order valence-corrected chi connectivity index (χ3v) is 3.20. The molecular weight excluding hydrogens is 220 g/mol. The van der Waals surface area contributed by atoms with Gasteiger partial charge in [0.2, 0.25) is 5.91 Å². The molecule has 0 spiro atoms. The first-order valence-corrected chi connectivity index (χ1v) is 6.36. The highest BCUT2D eigenvalue weighted by atomic mass is 16.4. The molecule has 0 aromatic heterocycles. The van der Waals surface area contributed by atoms with E-state index in [0.29, 0.717) is 12.3 Å². The van der Waals surface area contributed by atoms with Crippen molar-refractivity contribution >= 4 is 11.9 Å². The standard InChI is InChI=1S/C12H22N2O3/c1-2-4-10(12(16)17)13-8-11(15)14-7-9-5-3-6-9/h9-10,13H,2-8H2,1H3,(H,14,15)(H,16,17). The van der Waals surface area contributed by atoms with Crippen LogP contribution in [0.25, 0.3) is 0 Å². The Labute approximate surface area is 102 Å². The summed E-state index contributed by atoms with van der Waals surface area (Å²) in [6.07, 6.45) is 4.98. The molecule has 98 valence electrons. The summed E-state index contributed by atoms with van der Waals surface area (Å²) in [5.41, 5.74) is 0. The second-order valence-electron chi connectivity index (χ2n) is 4.66. The number of carboxylic acids is 1. The average Bonchev–Trinajstić information content (AvgIpc) is 2.21. The van der Waals surface area contributed by atoms with Crippen molar-refractivity contribution in [1.82, 2.24) is 10.6 Å². The molecule has 5 heteroatoms. The van der Waals surface area contributed by atoms with Crippen molar-refractivity contribution in [2.75, 3.05) is 13.1 Å². The van der Waals surface area contributed by atoms with Gasteiger partial charge in [-0.15, -0.1) is 0 Å². The van der Waals surface area contributed by atoms with E-state index in [2.05, 4.69) is 10.6 Å². The summed E-state index contributed by atoms with van der Waals surface area (Å²) in [5, 5.41) is 14.5. The second kappa shape index (κ2) is 7.27. The van der Waals surface area contributed by atoms with Crippen LogP contribution in [0.1, 0.15) is 39.0 Å². The van der Waals surface area contributed by atoms with Gasteiger partial charge in [-0.2, -0.15) is 0 Å². The molecule has 5 nitrogen and oxygen atoms in total. The van der Waals surface area contributed by atoms with E-state index in [9.17, 15) is 9.59 Å². The predicted octanol–water partition coefficient (Wildman–Crippen LogP) is 0.746. The van der Waals surface area contributed by atoms with E-state index >= 15 is 0 Å². The minimum Gasteiger partial charge on any atom is -0.480 e. The molecule has 0 radical (unpaired) electrons. The van der Waals surface area contributed by atoms with Crippen LogP contribution in [0.15, 0.2) is 0 Å². The molecule has 1 aliphatic rings. The second-order valence-corrected chi connectivity index (χ2v) is 4.66. The molecule has 1 atom stereocenters. The molecule has 1 amide bonds. The Hall–Kier alpha value is -1.10. The molecule has 3 N–H and O–H groups in total. The van der Waals surface area contributed by atoms with Gasteiger partial charge in [0.05, 0.1) is 6.54 Å². The van der Waals surface area contributed by atoms with Gasteiger partial charge in [-0.25, -0.2) is 0 Å². The summed E-state index contributed by atoms with van der Waals surface area (Å²) >= 11 is 0. The predicted molar refractivity (Wildman–Crippen MR) is 64.7 cm³/mol. The molecule has 17 heavy (non-hydrogen) atoms. The third-order valence-electron chi connectivity index (χ3n) is 3.20. The van der Waals surface area contributed by atoms with Gasteiger partial charge in [0, 0.05) is 6.54 Å². The monoisotopic (exact) mass is 242 g/mol. The summed E-state index contributed by atoms with van der Waals surface area (Å²) in [6, 6.07) is -0.616. The molecule has 1 aliphatic carbocycles. The van der Waals surface area contributed by atoms with Gasteiger partial charge in [0.15, 0.2) is 0 Å². The highest BCUT2D eigenvalue weighted by Crippen LogP contribution is 2.24. The summed E-state index contributed by atoms with van der Waals surface area (Å²) in [4.78, 5) is 22.3. The maximum Gasteiger partial charge on any atom is 0.320 e. The first-order valence-electron chi connectivity index (χ1n) is 6.36. The summed E-state index contributed by atoms with van der Waals surface area (Å²) in [6.45, 7) is 2.74. The van der Waals surface area contributed by atoms with E-state index in [4.69, 9.17) is 5.11 Å². The molecule has 0 aromatic carbocycles. The first kappa shape index (κ1) is 14.0. The lowest BCUT2D eigenvalue weighted by atomic mass is 9.85. The normalized spacial score (nSPS) is 17.2. The molecule has 0 heterocycles. The smallest absolute Gasteiger partial charge is 0.320 e. The number of hydrogen-bond acceptors (Lipinski definition) is 3. The number of carboxylic acid groups (broad SMARTS) is 1. The van der Waals surface area contributed by atoms with Crippen molar-refractivity contribution in [3.63, 3.8) is 0 Å². The summed E-state index contributed by atoms with van der Waals surface area (Å²) in [7, 11) is 0. The van der Waals surface area contributed by atoms with Gasteiger partial charge >= 0.3 is 5.97 Å². The molecule has 0 aromatic rings. The fourth-order valence-corrected chi connectivity index (χ4v) is 1.84. The van der Waals surface area contributed by atoms with E-state index in [1.807, 2.05) is 6.92 Å². The van der Waals surface area contributed by atoms with Crippen LogP contribution in [0.2, 0.25) is 0 Å². The highest BCUT2D eigenvalue weighted by Gasteiger charge is 2.19. The Kier molecular flexibility index (Phi) is 5.97. The van der Waals surface area contributed by atoms with Crippen molar-refractivity contribution in [2.45, 2.75) is 45.1 Å². The highest BCUT2D eigenvalue weighted by molar-refractivity contribution is 5.79. The van der Waals surface area contributed by atoms with Gasteiger partial charge in [-0.05, 0) is 25.2 Å². The Morgan fingerprint density at radius 1 is 1.41 bits per heavy atom. The third kappa shape index (κ3) is 5.17. The van der Waals surface area contributed by atoms with Gasteiger partial charge in [-0.1, -0.05) is 19.8 Å². The van der Waals surface area contributed by atoms with Crippen molar-refractivity contribution in [2.24, 2.45) is 5.92 Å². The van der Waals surface area contributed by atoms with E-state index in [1.54, 1.807) is 0 Å². The van der Waals surface area contributed by atoms with E-state index < -0.39 is 12.0 Å². The van der Waals surface area contributed by atoms with Crippen molar-refractivity contribution in [1.29, 1.82) is 0 Å². The number of nitrogens with one attached hydrogen (secondary N) is 2. The van der Waals surface area contributed by atoms with Crippen LogP contribution in [-0.2, 0) is 9.59 Å². The zero-order valence-electron chi connectivity index (χ0n) is 10.4. The lowest BCUT2D eigenvalue weighted by Crippen LogP contribution is -2.44. The number of amides is 1. The zero-order chi connectivity index (χ0) is 12.7. The molecule has 1 fully saturated rings. The zero-order valence-corrected chi connectivity index (χ0v) is 10.4. The van der Waals surface area contributed by atoms with Crippen LogP contribution >= 0.6 is 0 Å². The van der Waals surface area contributed by atoms with E-state index in [-0.39, 0.29) is 12.5 Å². The number of aliphatic carboxylic acids is 1. The molecule has 0 bridgehead atoms. The van der Waals surface area contributed by atoms with Crippen LogP contribution in [0, 0.1) is 5.92 Å². The SMILES string of the molecule is CCCC(NCC(=O)NCC1CCC1)C(=O)O. The molecule has 1 unspecified atom stereocenters. The summed E-state index contributed by atoms with van der Waals surface area (Å²) < 4.78 is 0. The molecule has 0 aliphatic heterocycles. The van der Waals surface area contributed by atoms with Crippen molar-refractivity contribution in [3.8, 4) is 0 Å². The quantitative estimate of drug-likeness (QED) is 0.587. The Morgan fingerprint density at radius 3 is 2.59 bits per heavy atom. The van der Waals surface area contributed by atoms with Crippen molar-refractivity contribution in [3.05, 3.63) is 0 Å². The minimum atomic E-state index is -0.890. The van der Waals surface area contributed by atoms with Crippen LogP contribution in [-0.4, -0.2) is 36.1 Å². The van der Waals surface area contributed by atoms with Crippen molar-refractivity contribution < 1.29 is 14.7 Å². The number of rotatable bonds is 8. The molecular formula is C12H22N2O3. The van der Waals surface area contributed by atoms with Gasteiger partial charge in [0.25, 0.3) is 0 Å². The largest absolute Gasteiger partial charge is 0.480 e. The fourth-order valence-electron chi connectivity index (χ4n) is 1.84. The lowest BCUT2D eigenvalue weighted by molar-refractivity contribution is -0.139. The number of hydrogen-bond donors (Lipinski definition) is 3. The Morgan fingerprint density at radius 2 is 2.12 bits per heavy atom. The maximum absolute atomic E-state index is 11.5. The molecule has 0 saturated heterocycles. The van der Waals surface area contributed by atoms with Gasteiger partial charge < -0.3 is 10.4 Å². The summed E-state index contributed by atoms with van der Waals surface area (Å²) in [5.74, 6) is -0.372. The average molecular weight is 242 g/mol. The van der Waals surface area contributed by atoms with Crippen LogP contribution in [0.4, 0.5) is 0 Å². The van der Waals surface area contributed by atoms with Crippen LogP contribution in [0.5, 0.6) is 0 Å². The Balaban J connectivity index is 2.13. The van der Waals surface area contributed by atoms with Gasteiger partial charge in [-0.3, -0.25) is 14.9 Å². The van der Waals surface area contributed by atoms with Crippen LogP contribution in [0.3, 0.4) is 0 Å². The maximum atomic E-state index is 11.5. The number of carbonyl (C=O) groups is 2. The van der Waals surface area contributed by atoms with Crippen LogP contribution < -0.4 is 10.6 Å². The number of carbonyl (C=O) groups excluding carboxylic acids is 1. The molecule has 1 saturated carbocycles. The van der Waals surface area contributed by atoms with E-state index in [0.717, 1.165) is 13.0 Å². The lowest BCUT2D eigenvalue weighted by Gasteiger charge is -2.25. The first-order chi connectivity index (χ1) is 8.13. The minimum absolute atomic E-state index is 0.0870. The molecule has 1 rings (SSSR count). The topological polar surface area (TPSA) is 78.4 Å². The Bertz CT molecular complexity index is 264. The van der Waals surface area contributed by atoms with Gasteiger partial charge in [0.1, 0.15) is 6.04 Å².